The number of hydrogen-bond donors (Lipinski definition) is 1. The topological polar surface area (TPSA) is 78.7 Å². The molecular weight excluding hydrogens is 218 g/mol. The van der Waals surface area contributed by atoms with Gasteiger partial charge >= 0.3 is 0 Å². The van der Waals surface area contributed by atoms with E-state index in [0.29, 0.717) is 12.4 Å². The number of rotatable bonds is 4. The molecule has 0 bridgehead atoms. The molecule has 6 nitrogen and oxygen atoms in total. The normalized spacial score (nSPS) is 12.6. The van der Waals surface area contributed by atoms with Crippen LogP contribution in [0.2, 0.25) is 0 Å². The second kappa shape index (κ2) is 4.92. The molecule has 90 valence electrons. The number of aromatic nitrogens is 4. The summed E-state index contributed by atoms with van der Waals surface area (Å²) in [5, 5.41) is 4.30. The van der Waals surface area contributed by atoms with Crippen LogP contribution in [-0.2, 0) is 0 Å². The lowest BCUT2D eigenvalue weighted by Crippen LogP contribution is -2.27. The van der Waals surface area contributed by atoms with Gasteiger partial charge in [-0.3, -0.25) is 9.36 Å². The van der Waals surface area contributed by atoms with Crippen molar-refractivity contribution in [2.45, 2.75) is 19.4 Å². The first-order valence-electron chi connectivity index (χ1n) is 5.50. The first kappa shape index (κ1) is 11.5. The Morgan fingerprint density at radius 3 is 2.94 bits per heavy atom. The van der Waals surface area contributed by atoms with Crippen LogP contribution in [-0.4, -0.2) is 25.9 Å². The van der Waals surface area contributed by atoms with Crippen molar-refractivity contribution in [2.75, 3.05) is 6.54 Å². The monoisotopic (exact) mass is 233 g/mol. The summed E-state index contributed by atoms with van der Waals surface area (Å²) in [6.07, 6.45) is 5.82. The van der Waals surface area contributed by atoms with Gasteiger partial charge in [0.05, 0.1) is 6.04 Å². The molecule has 1 unspecified atom stereocenters. The Bertz CT molecular complexity index is 531. The van der Waals surface area contributed by atoms with Gasteiger partial charge in [-0.2, -0.15) is 5.10 Å². The van der Waals surface area contributed by atoms with E-state index in [9.17, 15) is 4.79 Å². The predicted octanol–water partition coefficient (Wildman–Crippen LogP) is 0.339. The minimum Gasteiger partial charge on any atom is -0.330 e. The zero-order valence-corrected chi connectivity index (χ0v) is 9.65. The van der Waals surface area contributed by atoms with E-state index in [2.05, 4.69) is 10.1 Å². The van der Waals surface area contributed by atoms with Gasteiger partial charge in [-0.1, -0.05) is 0 Å². The zero-order valence-electron chi connectivity index (χ0n) is 9.65. The fourth-order valence-electron chi connectivity index (χ4n) is 1.63. The zero-order chi connectivity index (χ0) is 12.3. The van der Waals surface area contributed by atoms with Crippen LogP contribution in [0.25, 0.3) is 5.82 Å². The highest BCUT2D eigenvalue weighted by Crippen LogP contribution is 2.06. The van der Waals surface area contributed by atoms with Gasteiger partial charge in [0.2, 0.25) is 0 Å². The van der Waals surface area contributed by atoms with Gasteiger partial charge < -0.3 is 5.73 Å². The van der Waals surface area contributed by atoms with Crippen LogP contribution >= 0.6 is 0 Å². The van der Waals surface area contributed by atoms with Crippen molar-refractivity contribution in [1.82, 2.24) is 19.3 Å². The first-order chi connectivity index (χ1) is 8.22. The van der Waals surface area contributed by atoms with Crippen molar-refractivity contribution >= 4 is 0 Å². The maximum atomic E-state index is 11.7. The Balaban J connectivity index is 2.39. The summed E-state index contributed by atoms with van der Waals surface area (Å²) in [6.45, 7) is 2.46. The molecule has 0 fully saturated rings. The summed E-state index contributed by atoms with van der Waals surface area (Å²) in [5.41, 5.74) is 5.38. The lowest BCUT2D eigenvalue weighted by atomic mass is 10.2. The third-order valence-corrected chi connectivity index (χ3v) is 2.58. The molecule has 2 aromatic heterocycles. The van der Waals surface area contributed by atoms with E-state index in [1.54, 1.807) is 29.4 Å². The lowest BCUT2D eigenvalue weighted by Gasteiger charge is -2.13. The van der Waals surface area contributed by atoms with Crippen LogP contribution in [0, 0.1) is 0 Å². The van der Waals surface area contributed by atoms with Crippen LogP contribution in [0.15, 0.2) is 35.6 Å². The molecule has 0 aliphatic carbocycles. The molecule has 0 amide bonds. The highest BCUT2D eigenvalue weighted by Gasteiger charge is 2.08. The minimum absolute atomic E-state index is 0.00373. The van der Waals surface area contributed by atoms with E-state index in [4.69, 9.17) is 5.73 Å². The van der Waals surface area contributed by atoms with Crippen LogP contribution in [0.3, 0.4) is 0 Å². The molecule has 2 aromatic rings. The van der Waals surface area contributed by atoms with E-state index in [1.807, 2.05) is 6.92 Å². The van der Waals surface area contributed by atoms with E-state index in [0.717, 1.165) is 6.42 Å². The van der Waals surface area contributed by atoms with Gasteiger partial charge in [0.15, 0.2) is 5.82 Å². The molecule has 2 rings (SSSR count). The van der Waals surface area contributed by atoms with Crippen LogP contribution in [0.4, 0.5) is 0 Å². The number of imidazole rings is 1. The van der Waals surface area contributed by atoms with Gasteiger partial charge in [0.1, 0.15) is 6.33 Å². The van der Waals surface area contributed by atoms with Crippen molar-refractivity contribution in [1.29, 1.82) is 0 Å². The van der Waals surface area contributed by atoms with E-state index < -0.39 is 0 Å². The third-order valence-electron chi connectivity index (χ3n) is 2.58. The second-order valence-corrected chi connectivity index (χ2v) is 3.87. The van der Waals surface area contributed by atoms with Crippen molar-refractivity contribution < 1.29 is 0 Å². The van der Waals surface area contributed by atoms with E-state index in [-0.39, 0.29) is 11.6 Å². The standard InChI is InChI=1S/C11H15N5O/c1-9(4-5-12)16-11(17)3-2-10(14-16)15-7-6-13-8-15/h2-3,6-9H,4-5,12H2,1H3. The van der Waals surface area contributed by atoms with Crippen LogP contribution in [0.1, 0.15) is 19.4 Å². The molecule has 0 saturated heterocycles. The van der Waals surface area contributed by atoms with Crippen molar-refractivity contribution in [3.63, 3.8) is 0 Å². The highest BCUT2D eigenvalue weighted by molar-refractivity contribution is 5.19. The largest absolute Gasteiger partial charge is 0.330 e. The highest BCUT2D eigenvalue weighted by atomic mass is 16.1. The smallest absolute Gasteiger partial charge is 0.267 e. The average molecular weight is 233 g/mol. The maximum Gasteiger partial charge on any atom is 0.267 e. The molecular formula is C11H15N5O. The first-order valence-corrected chi connectivity index (χ1v) is 5.50. The summed E-state index contributed by atoms with van der Waals surface area (Å²) in [7, 11) is 0. The summed E-state index contributed by atoms with van der Waals surface area (Å²) in [5.74, 6) is 0.672. The fourth-order valence-corrected chi connectivity index (χ4v) is 1.63. The number of nitrogens with two attached hydrogens (primary N) is 1. The molecule has 0 spiro atoms. The molecule has 0 radical (unpaired) electrons. The Labute approximate surface area is 98.7 Å². The van der Waals surface area contributed by atoms with E-state index >= 15 is 0 Å². The minimum atomic E-state index is -0.116. The number of nitrogens with zero attached hydrogens (tertiary/aromatic N) is 4. The molecule has 0 saturated carbocycles. The molecule has 1 atom stereocenters. The molecule has 6 heteroatoms. The predicted molar refractivity (Wildman–Crippen MR) is 64.0 cm³/mol. The summed E-state index contributed by atoms with van der Waals surface area (Å²) in [6, 6.07) is 3.18. The molecule has 0 aromatic carbocycles. The Morgan fingerprint density at radius 2 is 2.29 bits per heavy atom. The summed E-state index contributed by atoms with van der Waals surface area (Å²) < 4.78 is 3.22. The number of hydrogen-bond acceptors (Lipinski definition) is 4. The van der Waals surface area contributed by atoms with Gasteiger partial charge in [0, 0.05) is 18.5 Å². The van der Waals surface area contributed by atoms with Gasteiger partial charge in [0.25, 0.3) is 5.56 Å². The van der Waals surface area contributed by atoms with Gasteiger partial charge in [-0.15, -0.1) is 0 Å². The summed E-state index contributed by atoms with van der Waals surface area (Å²) in [4.78, 5) is 15.6. The second-order valence-electron chi connectivity index (χ2n) is 3.87. The Morgan fingerprint density at radius 1 is 1.47 bits per heavy atom. The summed E-state index contributed by atoms with van der Waals surface area (Å²) >= 11 is 0. The Kier molecular flexibility index (Phi) is 3.34. The molecule has 2 N–H and O–H groups in total. The quantitative estimate of drug-likeness (QED) is 0.825. The third kappa shape index (κ3) is 2.42. The molecule has 0 aliphatic heterocycles. The van der Waals surface area contributed by atoms with Gasteiger partial charge in [-0.25, -0.2) is 9.67 Å². The molecule has 17 heavy (non-hydrogen) atoms. The molecule has 2 heterocycles. The van der Waals surface area contributed by atoms with Crippen molar-refractivity contribution in [3.05, 3.63) is 41.2 Å². The average Bonchev–Trinajstić information content (AvgIpc) is 2.83. The Hall–Kier alpha value is -1.95. The SMILES string of the molecule is CC(CCN)n1nc(-n2ccnc2)ccc1=O. The van der Waals surface area contributed by atoms with Crippen molar-refractivity contribution in [2.24, 2.45) is 5.73 Å². The van der Waals surface area contributed by atoms with Crippen LogP contribution < -0.4 is 11.3 Å². The van der Waals surface area contributed by atoms with E-state index in [1.165, 1.54) is 10.7 Å². The van der Waals surface area contributed by atoms with Crippen molar-refractivity contribution in [3.8, 4) is 5.82 Å². The molecule has 0 aliphatic rings. The van der Waals surface area contributed by atoms with Gasteiger partial charge in [-0.05, 0) is 26.0 Å². The fraction of sp³-hybridized carbons (Fsp3) is 0.364. The van der Waals surface area contributed by atoms with Crippen LogP contribution in [0.5, 0.6) is 0 Å². The lowest BCUT2D eigenvalue weighted by molar-refractivity contribution is 0.441. The maximum absolute atomic E-state index is 11.7.